The summed E-state index contributed by atoms with van der Waals surface area (Å²) in [6, 6.07) is 15.3. The van der Waals surface area contributed by atoms with Gasteiger partial charge >= 0.3 is 0 Å². The van der Waals surface area contributed by atoms with Gasteiger partial charge in [0, 0.05) is 11.9 Å². The second-order valence-electron chi connectivity index (χ2n) is 6.35. The summed E-state index contributed by atoms with van der Waals surface area (Å²) in [7, 11) is 1.58. The van der Waals surface area contributed by atoms with Crippen molar-refractivity contribution >= 4 is 16.9 Å². The summed E-state index contributed by atoms with van der Waals surface area (Å²) in [4.78, 5) is 12.4. The molecule has 26 heavy (non-hydrogen) atoms. The highest BCUT2D eigenvalue weighted by Gasteiger charge is 2.14. The van der Waals surface area contributed by atoms with E-state index >= 15 is 0 Å². The number of hydrogen-bond donors (Lipinski definition) is 1. The Morgan fingerprint density at radius 1 is 1.12 bits per heavy atom. The van der Waals surface area contributed by atoms with Gasteiger partial charge in [0.25, 0.3) is 5.91 Å². The van der Waals surface area contributed by atoms with E-state index in [1.807, 2.05) is 50.2 Å². The second kappa shape index (κ2) is 8.06. The standard InChI is InChI=1S/C21H23NO4/c1-14(2)25-13-16-7-4-6-15(10-16)12-22-21(23)19-11-17-8-5-9-18(24-3)20(17)26-19/h4-11,14H,12-13H2,1-3H3,(H,22,23). The van der Waals surface area contributed by atoms with Gasteiger partial charge in [0.05, 0.1) is 19.8 Å². The van der Waals surface area contributed by atoms with Crippen molar-refractivity contribution in [2.75, 3.05) is 7.11 Å². The van der Waals surface area contributed by atoms with E-state index in [1.54, 1.807) is 19.2 Å². The van der Waals surface area contributed by atoms with Crippen LogP contribution in [0.25, 0.3) is 11.0 Å². The van der Waals surface area contributed by atoms with E-state index in [2.05, 4.69) is 5.32 Å². The first-order chi connectivity index (χ1) is 12.6. The van der Waals surface area contributed by atoms with E-state index in [0.717, 1.165) is 16.5 Å². The third-order valence-corrected chi connectivity index (χ3v) is 3.98. The fourth-order valence-electron chi connectivity index (χ4n) is 2.67. The maximum absolute atomic E-state index is 12.4. The molecule has 0 aliphatic heterocycles. The lowest BCUT2D eigenvalue weighted by molar-refractivity contribution is 0.0657. The average Bonchev–Trinajstić information content (AvgIpc) is 3.09. The Bertz CT molecular complexity index is 898. The van der Waals surface area contributed by atoms with Crippen LogP contribution < -0.4 is 10.1 Å². The molecule has 0 fully saturated rings. The van der Waals surface area contributed by atoms with Gasteiger partial charge < -0.3 is 19.2 Å². The quantitative estimate of drug-likeness (QED) is 0.688. The van der Waals surface area contributed by atoms with E-state index < -0.39 is 0 Å². The number of benzene rings is 2. The van der Waals surface area contributed by atoms with E-state index in [9.17, 15) is 4.79 Å². The van der Waals surface area contributed by atoms with E-state index in [4.69, 9.17) is 13.9 Å². The molecular weight excluding hydrogens is 330 g/mol. The molecule has 0 bridgehead atoms. The zero-order chi connectivity index (χ0) is 18.5. The number of amides is 1. The number of rotatable bonds is 7. The Balaban J connectivity index is 1.66. The smallest absolute Gasteiger partial charge is 0.287 e. The normalized spacial score (nSPS) is 11.1. The predicted molar refractivity (Wildman–Crippen MR) is 100 cm³/mol. The van der Waals surface area contributed by atoms with Crippen LogP contribution in [0.15, 0.2) is 52.9 Å². The Labute approximate surface area is 152 Å². The summed E-state index contributed by atoms with van der Waals surface area (Å²) in [5.74, 6) is 0.621. The molecule has 0 aliphatic carbocycles. The first kappa shape index (κ1) is 18.0. The SMILES string of the molecule is COc1cccc2cc(C(=O)NCc3cccc(COC(C)C)c3)oc12. The Morgan fingerprint density at radius 3 is 2.65 bits per heavy atom. The molecule has 1 amide bonds. The van der Waals surface area contributed by atoms with Crippen LogP contribution in [0.1, 0.15) is 35.5 Å². The van der Waals surface area contributed by atoms with Crippen molar-refractivity contribution in [1.29, 1.82) is 0 Å². The van der Waals surface area contributed by atoms with Crippen LogP contribution in [-0.2, 0) is 17.9 Å². The largest absolute Gasteiger partial charge is 0.493 e. The van der Waals surface area contributed by atoms with Crippen LogP contribution in [0.3, 0.4) is 0 Å². The molecule has 136 valence electrons. The minimum atomic E-state index is -0.257. The van der Waals surface area contributed by atoms with Gasteiger partial charge in [0.15, 0.2) is 17.1 Å². The van der Waals surface area contributed by atoms with Crippen molar-refractivity contribution in [3.63, 3.8) is 0 Å². The number of carbonyl (C=O) groups is 1. The van der Waals surface area contributed by atoms with Gasteiger partial charge in [-0.1, -0.05) is 36.4 Å². The number of fused-ring (bicyclic) bond motifs is 1. The summed E-state index contributed by atoms with van der Waals surface area (Å²) in [6.07, 6.45) is 0.184. The lowest BCUT2D eigenvalue weighted by Gasteiger charge is -2.09. The van der Waals surface area contributed by atoms with Gasteiger partial charge in [-0.15, -0.1) is 0 Å². The van der Waals surface area contributed by atoms with Gasteiger partial charge in [-0.2, -0.15) is 0 Å². The van der Waals surface area contributed by atoms with Crippen molar-refractivity contribution in [2.45, 2.75) is 33.1 Å². The van der Waals surface area contributed by atoms with Crippen molar-refractivity contribution in [3.05, 3.63) is 65.4 Å². The van der Waals surface area contributed by atoms with Crippen LogP contribution in [0.2, 0.25) is 0 Å². The average molecular weight is 353 g/mol. The lowest BCUT2D eigenvalue weighted by atomic mass is 10.1. The monoisotopic (exact) mass is 353 g/mol. The number of nitrogens with one attached hydrogen (secondary N) is 1. The number of ether oxygens (including phenoxy) is 2. The van der Waals surface area contributed by atoms with Crippen molar-refractivity contribution in [2.24, 2.45) is 0 Å². The highest BCUT2D eigenvalue weighted by molar-refractivity contribution is 5.97. The third-order valence-electron chi connectivity index (χ3n) is 3.98. The Hall–Kier alpha value is -2.79. The zero-order valence-corrected chi connectivity index (χ0v) is 15.2. The van der Waals surface area contributed by atoms with Crippen molar-refractivity contribution in [1.82, 2.24) is 5.32 Å². The van der Waals surface area contributed by atoms with Gasteiger partial charge in [0.2, 0.25) is 0 Å². The molecule has 0 atom stereocenters. The van der Waals surface area contributed by atoms with Gasteiger partial charge in [-0.25, -0.2) is 0 Å². The first-order valence-electron chi connectivity index (χ1n) is 8.61. The molecule has 0 saturated carbocycles. The molecule has 0 unspecified atom stereocenters. The summed E-state index contributed by atoms with van der Waals surface area (Å²) < 4.78 is 16.6. The fraction of sp³-hybridized carbons (Fsp3) is 0.286. The van der Waals surface area contributed by atoms with Crippen LogP contribution in [0.4, 0.5) is 0 Å². The first-order valence-corrected chi connectivity index (χ1v) is 8.61. The summed E-state index contributed by atoms with van der Waals surface area (Å²) in [5.41, 5.74) is 2.67. The molecule has 0 aliphatic rings. The molecule has 2 aromatic carbocycles. The summed E-state index contributed by atoms with van der Waals surface area (Å²) >= 11 is 0. The minimum Gasteiger partial charge on any atom is -0.493 e. The minimum absolute atomic E-state index is 0.184. The maximum atomic E-state index is 12.4. The zero-order valence-electron chi connectivity index (χ0n) is 15.2. The number of para-hydroxylation sites is 1. The van der Waals surface area contributed by atoms with E-state index in [-0.39, 0.29) is 17.8 Å². The highest BCUT2D eigenvalue weighted by Crippen LogP contribution is 2.28. The molecule has 0 radical (unpaired) electrons. The lowest BCUT2D eigenvalue weighted by Crippen LogP contribution is -2.22. The number of carbonyl (C=O) groups excluding carboxylic acids is 1. The van der Waals surface area contributed by atoms with E-state index in [1.165, 1.54) is 0 Å². The molecule has 5 nitrogen and oxygen atoms in total. The van der Waals surface area contributed by atoms with Crippen LogP contribution in [-0.4, -0.2) is 19.1 Å². The van der Waals surface area contributed by atoms with E-state index in [0.29, 0.717) is 24.5 Å². The molecule has 0 saturated heterocycles. The molecule has 0 spiro atoms. The highest BCUT2D eigenvalue weighted by atomic mass is 16.5. The van der Waals surface area contributed by atoms with Gasteiger partial charge in [0.1, 0.15) is 0 Å². The molecule has 1 aromatic heterocycles. The predicted octanol–water partition coefficient (Wildman–Crippen LogP) is 4.30. The molecule has 5 heteroatoms. The molecular formula is C21H23NO4. The van der Waals surface area contributed by atoms with Gasteiger partial charge in [-0.3, -0.25) is 4.79 Å². The topological polar surface area (TPSA) is 60.7 Å². The van der Waals surface area contributed by atoms with Crippen LogP contribution in [0, 0.1) is 0 Å². The van der Waals surface area contributed by atoms with Crippen molar-refractivity contribution in [3.8, 4) is 5.75 Å². The number of hydrogen-bond acceptors (Lipinski definition) is 4. The summed E-state index contributed by atoms with van der Waals surface area (Å²) in [6.45, 7) is 4.99. The second-order valence-corrected chi connectivity index (χ2v) is 6.35. The molecule has 1 N–H and O–H groups in total. The number of methoxy groups -OCH3 is 1. The summed E-state index contributed by atoms with van der Waals surface area (Å²) in [5, 5.41) is 3.73. The Kier molecular flexibility index (Phi) is 5.58. The fourth-order valence-corrected chi connectivity index (χ4v) is 2.67. The Morgan fingerprint density at radius 2 is 1.88 bits per heavy atom. The molecule has 3 rings (SSSR count). The van der Waals surface area contributed by atoms with Crippen LogP contribution >= 0.6 is 0 Å². The van der Waals surface area contributed by atoms with Crippen molar-refractivity contribution < 1.29 is 18.7 Å². The third kappa shape index (κ3) is 4.24. The van der Waals surface area contributed by atoms with Crippen LogP contribution in [0.5, 0.6) is 5.75 Å². The molecule has 1 heterocycles. The number of furan rings is 1. The van der Waals surface area contributed by atoms with Gasteiger partial charge in [-0.05, 0) is 37.1 Å². The molecule has 3 aromatic rings. The maximum Gasteiger partial charge on any atom is 0.287 e.